The molecule has 208 valence electrons. The van der Waals surface area contributed by atoms with Crippen molar-refractivity contribution < 1.29 is 48.6 Å². The van der Waals surface area contributed by atoms with Gasteiger partial charge in [-0.25, -0.2) is 4.79 Å². The molecular formula is C27H34O11. The maximum atomic E-state index is 11.6. The van der Waals surface area contributed by atoms with Crippen molar-refractivity contribution in [2.24, 2.45) is 0 Å². The van der Waals surface area contributed by atoms with Crippen LogP contribution in [-0.2, 0) is 9.47 Å². The van der Waals surface area contributed by atoms with Crippen LogP contribution in [0.2, 0.25) is 0 Å². The number of hydrogen-bond donors (Lipinski definition) is 5. The molecule has 3 heterocycles. The van der Waals surface area contributed by atoms with Crippen LogP contribution in [0, 0.1) is 0 Å². The van der Waals surface area contributed by atoms with Gasteiger partial charge in [0.25, 0.3) is 0 Å². The SMILES string of the molecule is CC(=CCOc1c2ccoc2cc2oc(=O)ccc12)CCC(OC1OC(CO)C(O)C(O)C1O)C(C)(C)O. The van der Waals surface area contributed by atoms with Crippen molar-refractivity contribution in [3.05, 3.63) is 52.6 Å². The summed E-state index contributed by atoms with van der Waals surface area (Å²) in [5.74, 6) is 0.527. The average molecular weight is 535 g/mol. The van der Waals surface area contributed by atoms with E-state index >= 15 is 0 Å². The second-order valence-corrected chi connectivity index (χ2v) is 10.1. The van der Waals surface area contributed by atoms with E-state index in [1.165, 1.54) is 12.3 Å². The summed E-state index contributed by atoms with van der Waals surface area (Å²) >= 11 is 0. The summed E-state index contributed by atoms with van der Waals surface area (Å²) in [5, 5.41) is 51.8. The van der Waals surface area contributed by atoms with Crippen LogP contribution in [0.4, 0.5) is 0 Å². The normalized spacial score (nSPS) is 25.7. The molecule has 38 heavy (non-hydrogen) atoms. The highest BCUT2D eigenvalue weighted by atomic mass is 16.7. The Labute approximate surface area is 218 Å². The summed E-state index contributed by atoms with van der Waals surface area (Å²) in [6.45, 7) is 4.64. The Morgan fingerprint density at radius 1 is 1.11 bits per heavy atom. The van der Waals surface area contributed by atoms with Gasteiger partial charge in [0.05, 0.1) is 35.3 Å². The number of aliphatic hydroxyl groups is 5. The number of aliphatic hydroxyl groups excluding tert-OH is 4. The quantitative estimate of drug-likeness (QED) is 0.189. The second-order valence-electron chi connectivity index (χ2n) is 10.1. The zero-order chi connectivity index (χ0) is 27.6. The number of ether oxygens (including phenoxy) is 3. The van der Waals surface area contributed by atoms with Crippen molar-refractivity contribution in [1.82, 2.24) is 0 Å². The minimum atomic E-state index is -1.57. The van der Waals surface area contributed by atoms with Crippen LogP contribution in [-0.4, -0.2) is 81.2 Å². The molecule has 6 atom stereocenters. The smallest absolute Gasteiger partial charge is 0.336 e. The Hall–Kier alpha value is -2.77. The van der Waals surface area contributed by atoms with Crippen molar-refractivity contribution in [3.8, 4) is 5.75 Å². The van der Waals surface area contributed by atoms with Crippen LogP contribution in [0.15, 0.2) is 55.8 Å². The first-order valence-electron chi connectivity index (χ1n) is 12.4. The maximum absolute atomic E-state index is 11.6. The molecule has 11 nitrogen and oxygen atoms in total. The van der Waals surface area contributed by atoms with Gasteiger partial charge >= 0.3 is 5.63 Å². The fourth-order valence-corrected chi connectivity index (χ4v) is 4.42. The van der Waals surface area contributed by atoms with Gasteiger partial charge in [0.1, 0.15) is 47.9 Å². The van der Waals surface area contributed by atoms with E-state index in [-0.39, 0.29) is 6.61 Å². The fraction of sp³-hybridized carbons (Fsp3) is 0.519. The molecule has 0 radical (unpaired) electrons. The van der Waals surface area contributed by atoms with Crippen LogP contribution < -0.4 is 10.4 Å². The highest BCUT2D eigenvalue weighted by Crippen LogP contribution is 2.35. The molecule has 0 bridgehead atoms. The molecule has 1 aliphatic rings. The van der Waals surface area contributed by atoms with E-state index in [1.807, 2.05) is 13.0 Å². The number of benzene rings is 1. The van der Waals surface area contributed by atoms with Gasteiger partial charge in [-0.2, -0.15) is 0 Å². The molecule has 2 aromatic heterocycles. The topological polar surface area (TPSA) is 172 Å². The van der Waals surface area contributed by atoms with Crippen LogP contribution >= 0.6 is 0 Å². The zero-order valence-corrected chi connectivity index (χ0v) is 21.4. The van der Waals surface area contributed by atoms with Crippen molar-refractivity contribution >= 4 is 21.9 Å². The lowest BCUT2D eigenvalue weighted by molar-refractivity contribution is -0.322. The van der Waals surface area contributed by atoms with E-state index in [1.54, 1.807) is 32.0 Å². The first-order chi connectivity index (χ1) is 18.0. The third-order valence-electron chi connectivity index (χ3n) is 6.70. The molecule has 4 rings (SSSR count). The summed E-state index contributed by atoms with van der Waals surface area (Å²) in [6, 6.07) is 6.39. The highest BCUT2D eigenvalue weighted by molar-refractivity contribution is 6.01. The Morgan fingerprint density at radius 3 is 2.55 bits per heavy atom. The van der Waals surface area contributed by atoms with E-state index < -0.39 is 54.6 Å². The average Bonchev–Trinajstić information content (AvgIpc) is 3.33. The largest absolute Gasteiger partial charge is 0.488 e. The van der Waals surface area contributed by atoms with Gasteiger partial charge in [-0.1, -0.05) is 5.57 Å². The van der Waals surface area contributed by atoms with Gasteiger partial charge < -0.3 is 48.6 Å². The number of fused-ring (bicyclic) bond motifs is 2. The lowest BCUT2D eigenvalue weighted by Gasteiger charge is -2.42. The van der Waals surface area contributed by atoms with Crippen LogP contribution in [0.25, 0.3) is 21.9 Å². The Bertz CT molecular complexity index is 1320. The third-order valence-corrected chi connectivity index (χ3v) is 6.70. The predicted molar refractivity (Wildman–Crippen MR) is 136 cm³/mol. The fourth-order valence-electron chi connectivity index (χ4n) is 4.42. The molecule has 0 spiro atoms. The van der Waals surface area contributed by atoms with Crippen molar-refractivity contribution in [1.29, 1.82) is 0 Å². The molecular weight excluding hydrogens is 500 g/mol. The van der Waals surface area contributed by atoms with E-state index in [9.17, 15) is 30.3 Å². The summed E-state index contributed by atoms with van der Waals surface area (Å²) in [5.41, 5.74) is 0.0224. The summed E-state index contributed by atoms with van der Waals surface area (Å²) in [7, 11) is 0. The van der Waals surface area contributed by atoms with Crippen molar-refractivity contribution in [2.45, 2.75) is 76.0 Å². The summed E-state index contributed by atoms with van der Waals surface area (Å²) in [6.07, 6.45) is -3.65. The van der Waals surface area contributed by atoms with E-state index in [2.05, 4.69) is 0 Å². The van der Waals surface area contributed by atoms with E-state index in [0.717, 1.165) is 11.0 Å². The standard InChI is InChI=1S/C27H34O11/c1-14(4-6-20(27(2,3)33)38-26-24(32)23(31)22(30)19(13-28)37-26)8-10-35-25-15-5-7-21(29)36-18(15)12-17-16(25)9-11-34-17/h5,7-9,11-12,19-20,22-24,26,28,30-33H,4,6,10,13H2,1-3H3. The number of allylic oxidation sites excluding steroid dienone is 1. The molecule has 1 aromatic carbocycles. The van der Waals surface area contributed by atoms with Gasteiger partial charge in [0, 0.05) is 12.1 Å². The Morgan fingerprint density at radius 2 is 1.84 bits per heavy atom. The molecule has 1 saturated heterocycles. The molecule has 1 aliphatic heterocycles. The van der Waals surface area contributed by atoms with Gasteiger partial charge in [0.15, 0.2) is 6.29 Å². The minimum absolute atomic E-state index is 0.213. The van der Waals surface area contributed by atoms with Gasteiger partial charge in [-0.3, -0.25) is 0 Å². The molecule has 0 aliphatic carbocycles. The lowest BCUT2D eigenvalue weighted by Crippen LogP contribution is -2.60. The number of furan rings is 1. The second kappa shape index (κ2) is 11.5. The van der Waals surface area contributed by atoms with Crippen LogP contribution in [0.3, 0.4) is 0 Å². The van der Waals surface area contributed by atoms with Crippen molar-refractivity contribution in [3.63, 3.8) is 0 Å². The van der Waals surface area contributed by atoms with Crippen molar-refractivity contribution in [2.75, 3.05) is 13.2 Å². The van der Waals surface area contributed by atoms with Gasteiger partial charge in [-0.15, -0.1) is 0 Å². The van der Waals surface area contributed by atoms with E-state index in [0.29, 0.717) is 35.1 Å². The number of rotatable bonds is 10. The monoisotopic (exact) mass is 534 g/mol. The molecule has 6 unspecified atom stereocenters. The molecule has 0 saturated carbocycles. The molecule has 11 heteroatoms. The molecule has 3 aromatic rings. The Kier molecular flexibility index (Phi) is 8.58. The molecule has 0 amide bonds. The zero-order valence-electron chi connectivity index (χ0n) is 21.4. The summed E-state index contributed by atoms with van der Waals surface area (Å²) < 4.78 is 28.1. The summed E-state index contributed by atoms with van der Waals surface area (Å²) in [4.78, 5) is 11.6. The number of hydrogen-bond acceptors (Lipinski definition) is 11. The van der Waals surface area contributed by atoms with Gasteiger partial charge in [-0.05, 0) is 51.8 Å². The van der Waals surface area contributed by atoms with Crippen LogP contribution in [0.5, 0.6) is 5.75 Å². The lowest BCUT2D eigenvalue weighted by atomic mass is 9.94. The first kappa shape index (κ1) is 28.2. The maximum Gasteiger partial charge on any atom is 0.336 e. The minimum Gasteiger partial charge on any atom is -0.488 e. The van der Waals surface area contributed by atoms with E-state index in [4.69, 9.17) is 23.0 Å². The predicted octanol–water partition coefficient (Wildman–Crippen LogP) is 1.60. The van der Waals surface area contributed by atoms with Crippen LogP contribution in [0.1, 0.15) is 33.6 Å². The third kappa shape index (κ3) is 6.10. The molecule has 5 N–H and O–H groups in total. The highest BCUT2D eigenvalue weighted by Gasteiger charge is 2.46. The molecule has 1 fully saturated rings. The Balaban J connectivity index is 1.42. The first-order valence-corrected chi connectivity index (χ1v) is 12.4. The van der Waals surface area contributed by atoms with Gasteiger partial charge in [0.2, 0.25) is 0 Å².